The van der Waals surface area contributed by atoms with Crippen LogP contribution in [0.2, 0.25) is 0 Å². The molecule has 5 rings (SSSR count). The third-order valence-corrected chi connectivity index (χ3v) is 6.05. The van der Waals surface area contributed by atoms with Crippen LogP contribution in [-0.4, -0.2) is 27.6 Å². The first kappa shape index (κ1) is 16.7. The van der Waals surface area contributed by atoms with Gasteiger partial charge in [0.1, 0.15) is 0 Å². The van der Waals surface area contributed by atoms with Gasteiger partial charge in [0, 0.05) is 30.1 Å². The molecule has 3 heterocycles. The number of benzene rings is 2. The van der Waals surface area contributed by atoms with Crippen LogP contribution in [0.15, 0.2) is 59.1 Å². The lowest BCUT2D eigenvalue weighted by molar-refractivity contribution is 0.243. The molecule has 2 saturated heterocycles. The number of aromatic nitrogens is 2. The molecule has 2 aliphatic heterocycles. The molecule has 0 aliphatic carbocycles. The van der Waals surface area contributed by atoms with Gasteiger partial charge >= 0.3 is 0 Å². The highest BCUT2D eigenvalue weighted by Crippen LogP contribution is 2.48. The minimum Gasteiger partial charge on any atom is -0.334 e. The maximum Gasteiger partial charge on any atom is 0.257 e. The normalized spacial score (nSPS) is 25.0. The molecule has 1 aromatic heterocycles. The zero-order chi connectivity index (χ0) is 18.2. The molecule has 0 unspecified atom stereocenters. The van der Waals surface area contributed by atoms with Crippen molar-refractivity contribution < 1.29 is 4.52 Å². The molecule has 2 aliphatic rings. The van der Waals surface area contributed by atoms with Gasteiger partial charge in [0.2, 0.25) is 0 Å². The van der Waals surface area contributed by atoms with E-state index in [2.05, 4.69) is 40.4 Å². The fourth-order valence-corrected chi connectivity index (χ4v) is 4.78. The second-order valence-corrected chi connectivity index (χ2v) is 7.58. The first-order valence-corrected chi connectivity index (χ1v) is 9.77. The molecule has 3 atom stereocenters. The van der Waals surface area contributed by atoms with Crippen molar-refractivity contribution in [2.45, 2.75) is 43.8 Å². The summed E-state index contributed by atoms with van der Waals surface area (Å²) in [6.45, 7) is 1.66. The molecule has 2 fully saturated rings. The zero-order valence-electron chi connectivity index (χ0n) is 15.3. The molecule has 0 saturated carbocycles. The molecule has 27 heavy (non-hydrogen) atoms. The van der Waals surface area contributed by atoms with Gasteiger partial charge in [0.05, 0.1) is 0 Å². The second-order valence-electron chi connectivity index (χ2n) is 7.58. The van der Waals surface area contributed by atoms with Crippen LogP contribution in [0.4, 0.5) is 0 Å². The standard InChI is InChI=1S/C22H24N4O/c23-14-15-6-4-9-17(12-15)22-24-21(25-27-22)18-13-20(16-7-2-1-3-8-16)26-11-5-10-19(18)26/h1-4,6-9,12,18-20H,5,10-11,13-14,23H2/t18-,19+,20-/m0/s1. The van der Waals surface area contributed by atoms with Crippen LogP contribution in [0.25, 0.3) is 11.5 Å². The molecule has 0 amide bonds. The largest absolute Gasteiger partial charge is 0.334 e. The fraction of sp³-hybridized carbons (Fsp3) is 0.364. The summed E-state index contributed by atoms with van der Waals surface area (Å²) in [5.41, 5.74) is 9.16. The number of hydrogen-bond acceptors (Lipinski definition) is 5. The number of hydrogen-bond donors (Lipinski definition) is 1. The average molecular weight is 360 g/mol. The smallest absolute Gasteiger partial charge is 0.257 e. The highest BCUT2D eigenvalue weighted by atomic mass is 16.5. The Morgan fingerprint density at radius 3 is 2.85 bits per heavy atom. The molecule has 0 radical (unpaired) electrons. The van der Waals surface area contributed by atoms with Crippen molar-refractivity contribution in [2.24, 2.45) is 5.73 Å². The van der Waals surface area contributed by atoms with Crippen LogP contribution in [-0.2, 0) is 6.54 Å². The fourth-order valence-electron chi connectivity index (χ4n) is 4.78. The lowest BCUT2D eigenvalue weighted by Crippen LogP contribution is -2.27. The first-order chi connectivity index (χ1) is 13.3. The molecule has 0 bridgehead atoms. The average Bonchev–Trinajstić information content (AvgIpc) is 3.45. The number of nitrogens with zero attached hydrogens (tertiary/aromatic N) is 3. The van der Waals surface area contributed by atoms with Crippen LogP contribution >= 0.6 is 0 Å². The second kappa shape index (κ2) is 6.91. The summed E-state index contributed by atoms with van der Waals surface area (Å²) in [6.07, 6.45) is 3.50. The van der Waals surface area contributed by atoms with Crippen molar-refractivity contribution in [3.63, 3.8) is 0 Å². The predicted octanol–water partition coefficient (Wildman–Crippen LogP) is 3.89. The molecule has 2 N–H and O–H groups in total. The van der Waals surface area contributed by atoms with Crippen LogP contribution in [0, 0.1) is 0 Å². The number of rotatable bonds is 4. The minimum absolute atomic E-state index is 0.327. The Hall–Kier alpha value is -2.50. The Morgan fingerprint density at radius 2 is 2.00 bits per heavy atom. The highest BCUT2D eigenvalue weighted by Gasteiger charge is 2.46. The van der Waals surface area contributed by atoms with Gasteiger partial charge < -0.3 is 10.3 Å². The molecule has 0 spiro atoms. The zero-order valence-corrected chi connectivity index (χ0v) is 15.3. The van der Waals surface area contributed by atoms with E-state index in [-0.39, 0.29) is 0 Å². The van der Waals surface area contributed by atoms with Crippen LogP contribution in [0.3, 0.4) is 0 Å². The first-order valence-electron chi connectivity index (χ1n) is 9.77. The van der Waals surface area contributed by atoms with Gasteiger partial charge in [-0.15, -0.1) is 0 Å². The van der Waals surface area contributed by atoms with Gasteiger partial charge in [0.15, 0.2) is 5.82 Å². The van der Waals surface area contributed by atoms with Crippen molar-refractivity contribution in [2.75, 3.05) is 6.54 Å². The van der Waals surface area contributed by atoms with Crippen LogP contribution in [0.5, 0.6) is 0 Å². The third kappa shape index (κ3) is 2.97. The van der Waals surface area contributed by atoms with E-state index in [1.165, 1.54) is 18.4 Å². The monoisotopic (exact) mass is 360 g/mol. The lowest BCUT2D eigenvalue weighted by atomic mass is 9.94. The molecular weight excluding hydrogens is 336 g/mol. The van der Waals surface area contributed by atoms with Crippen LogP contribution < -0.4 is 5.73 Å². The van der Waals surface area contributed by atoms with E-state index in [9.17, 15) is 0 Å². The molecule has 3 aromatic rings. The maximum absolute atomic E-state index is 5.76. The molecule has 2 aromatic carbocycles. The summed E-state index contributed by atoms with van der Waals surface area (Å²) in [5.74, 6) is 1.76. The van der Waals surface area contributed by atoms with Crippen LogP contribution in [0.1, 0.15) is 48.2 Å². The number of nitrogens with two attached hydrogens (primary N) is 1. The van der Waals surface area contributed by atoms with E-state index in [1.54, 1.807) is 0 Å². The van der Waals surface area contributed by atoms with E-state index in [1.807, 2.05) is 24.3 Å². The highest BCUT2D eigenvalue weighted by molar-refractivity contribution is 5.54. The molecule has 5 nitrogen and oxygen atoms in total. The van der Waals surface area contributed by atoms with Crippen molar-refractivity contribution in [1.82, 2.24) is 15.0 Å². The van der Waals surface area contributed by atoms with E-state index in [0.29, 0.717) is 30.4 Å². The van der Waals surface area contributed by atoms with Gasteiger partial charge in [-0.05, 0) is 49.1 Å². The van der Waals surface area contributed by atoms with Gasteiger partial charge in [-0.1, -0.05) is 47.6 Å². The summed E-state index contributed by atoms with van der Waals surface area (Å²) in [4.78, 5) is 7.43. The van der Waals surface area contributed by atoms with Crippen molar-refractivity contribution in [3.05, 3.63) is 71.5 Å². The van der Waals surface area contributed by atoms with Crippen molar-refractivity contribution in [1.29, 1.82) is 0 Å². The summed E-state index contributed by atoms with van der Waals surface area (Å²) >= 11 is 0. The summed E-state index contributed by atoms with van der Waals surface area (Å²) < 4.78 is 5.63. The topological polar surface area (TPSA) is 68.2 Å². The lowest BCUT2D eigenvalue weighted by Gasteiger charge is -2.24. The predicted molar refractivity (Wildman–Crippen MR) is 104 cm³/mol. The summed E-state index contributed by atoms with van der Waals surface area (Å²) in [6, 6.07) is 19.8. The van der Waals surface area contributed by atoms with Gasteiger partial charge in [-0.25, -0.2) is 0 Å². The van der Waals surface area contributed by atoms with E-state index in [0.717, 1.165) is 29.9 Å². The summed E-state index contributed by atoms with van der Waals surface area (Å²) in [5, 5.41) is 4.37. The Bertz CT molecular complexity index is 923. The van der Waals surface area contributed by atoms with Crippen molar-refractivity contribution >= 4 is 0 Å². The van der Waals surface area contributed by atoms with E-state index in [4.69, 9.17) is 15.2 Å². The molecule has 5 heteroatoms. The Kier molecular flexibility index (Phi) is 4.26. The Balaban J connectivity index is 1.44. The minimum atomic E-state index is 0.327. The van der Waals surface area contributed by atoms with E-state index >= 15 is 0 Å². The van der Waals surface area contributed by atoms with Gasteiger partial charge in [-0.2, -0.15) is 4.98 Å². The summed E-state index contributed by atoms with van der Waals surface area (Å²) in [7, 11) is 0. The Morgan fingerprint density at radius 1 is 1.11 bits per heavy atom. The SMILES string of the molecule is NCc1cccc(-c2nc([C@H]3C[C@@H](c4ccccc4)N4CCC[C@H]34)no2)c1. The Labute approximate surface area is 159 Å². The third-order valence-electron chi connectivity index (χ3n) is 6.05. The molecule has 138 valence electrons. The van der Waals surface area contributed by atoms with Gasteiger partial charge in [0.25, 0.3) is 5.89 Å². The van der Waals surface area contributed by atoms with Crippen molar-refractivity contribution in [3.8, 4) is 11.5 Å². The van der Waals surface area contributed by atoms with Gasteiger partial charge in [-0.3, -0.25) is 4.90 Å². The molecular formula is C22H24N4O. The van der Waals surface area contributed by atoms with E-state index < -0.39 is 0 Å². The number of fused-ring (bicyclic) bond motifs is 1. The maximum atomic E-state index is 5.76. The quantitative estimate of drug-likeness (QED) is 0.764.